The third-order valence-corrected chi connectivity index (χ3v) is 8.30. The summed E-state index contributed by atoms with van der Waals surface area (Å²) in [6, 6.07) is 38.8. The zero-order valence-electron chi connectivity index (χ0n) is 21.4. The number of fused-ring (bicyclic) bond motifs is 10. The van der Waals surface area contributed by atoms with Gasteiger partial charge < -0.3 is 14.4 Å². The molecule has 5 aromatic carbocycles. The molecule has 0 aromatic heterocycles. The highest BCUT2D eigenvalue weighted by Crippen LogP contribution is 2.63. The molecule has 0 saturated carbocycles. The molecule has 4 nitrogen and oxygen atoms in total. The molecule has 0 atom stereocenters. The molecule has 2 heterocycles. The van der Waals surface area contributed by atoms with Gasteiger partial charge in [0.25, 0.3) is 0 Å². The van der Waals surface area contributed by atoms with Crippen LogP contribution >= 0.6 is 0 Å². The minimum Gasteiger partial charge on any atom is -0.486 e. The first-order chi connectivity index (χ1) is 19.2. The minimum absolute atomic E-state index is 0.543. The van der Waals surface area contributed by atoms with Crippen LogP contribution in [-0.2, 0) is 5.41 Å². The molecular weight excluding hydrogens is 480 g/mol. The Kier molecular flexibility index (Phi) is 4.51. The summed E-state index contributed by atoms with van der Waals surface area (Å²) < 4.78 is 11.8. The second-order valence-electron chi connectivity index (χ2n) is 10.4. The Hall–Kier alpha value is -5.01. The van der Waals surface area contributed by atoms with Gasteiger partial charge in [0.2, 0.25) is 0 Å². The van der Waals surface area contributed by atoms with E-state index < -0.39 is 5.41 Å². The van der Waals surface area contributed by atoms with Crippen molar-refractivity contribution < 1.29 is 9.47 Å². The van der Waals surface area contributed by atoms with E-state index in [0.717, 1.165) is 34.1 Å². The minimum atomic E-state index is -0.555. The smallest absolute Gasteiger partial charge is 0.163 e. The van der Waals surface area contributed by atoms with Crippen LogP contribution in [0.4, 0.5) is 17.1 Å². The van der Waals surface area contributed by atoms with Gasteiger partial charge in [-0.1, -0.05) is 66.2 Å². The average molecular weight is 505 g/mol. The second kappa shape index (κ2) is 7.99. The number of nitriles is 1. The quantitative estimate of drug-likeness (QED) is 0.229. The predicted molar refractivity (Wildman–Crippen MR) is 152 cm³/mol. The molecule has 0 fully saturated rings. The lowest BCUT2D eigenvalue weighted by Crippen LogP contribution is -2.36. The Morgan fingerprint density at radius 2 is 1.31 bits per heavy atom. The van der Waals surface area contributed by atoms with Crippen molar-refractivity contribution in [1.82, 2.24) is 0 Å². The number of anilines is 3. The van der Waals surface area contributed by atoms with Crippen LogP contribution < -0.4 is 14.4 Å². The topological polar surface area (TPSA) is 45.5 Å². The van der Waals surface area contributed by atoms with E-state index in [1.165, 1.54) is 33.4 Å². The number of rotatable bonds is 1. The number of benzene rings is 5. The molecule has 0 saturated heterocycles. The molecule has 8 rings (SSSR count). The lowest BCUT2D eigenvalue weighted by Gasteiger charge is -2.45. The van der Waals surface area contributed by atoms with Gasteiger partial charge in [0.05, 0.1) is 34.1 Å². The van der Waals surface area contributed by atoms with Crippen molar-refractivity contribution in [3.05, 3.63) is 137 Å². The van der Waals surface area contributed by atoms with Crippen LogP contribution in [0.1, 0.15) is 33.4 Å². The number of nitrogens with zero attached hydrogens (tertiary/aromatic N) is 2. The number of hydrogen-bond donors (Lipinski definition) is 0. The molecule has 186 valence electrons. The third kappa shape index (κ3) is 2.87. The van der Waals surface area contributed by atoms with Gasteiger partial charge >= 0.3 is 0 Å². The van der Waals surface area contributed by atoms with Gasteiger partial charge in [-0.2, -0.15) is 5.26 Å². The first-order valence-corrected chi connectivity index (χ1v) is 13.2. The van der Waals surface area contributed by atoms with Gasteiger partial charge in [0.15, 0.2) is 11.5 Å². The number of para-hydroxylation sites is 2. The summed E-state index contributed by atoms with van der Waals surface area (Å²) in [5.41, 5.74) is 11.8. The highest BCUT2D eigenvalue weighted by Gasteiger charge is 2.51. The van der Waals surface area contributed by atoms with E-state index in [2.05, 4.69) is 109 Å². The van der Waals surface area contributed by atoms with Crippen LogP contribution in [0.5, 0.6) is 11.5 Å². The van der Waals surface area contributed by atoms with E-state index in [1.54, 1.807) is 0 Å². The molecule has 3 aliphatic rings. The van der Waals surface area contributed by atoms with Crippen molar-refractivity contribution in [2.75, 3.05) is 18.1 Å². The summed E-state index contributed by atoms with van der Waals surface area (Å²) in [4.78, 5) is 2.33. The van der Waals surface area contributed by atoms with Gasteiger partial charge in [-0.3, -0.25) is 0 Å². The largest absolute Gasteiger partial charge is 0.486 e. The van der Waals surface area contributed by atoms with Gasteiger partial charge in [-0.05, 0) is 76.7 Å². The van der Waals surface area contributed by atoms with Gasteiger partial charge in [-0.15, -0.1) is 0 Å². The number of aryl methyl sites for hydroxylation is 1. The average Bonchev–Trinajstić information content (AvgIpc) is 3.26. The van der Waals surface area contributed by atoms with Crippen molar-refractivity contribution in [2.45, 2.75) is 12.3 Å². The Bertz CT molecular complexity index is 1820. The fourth-order valence-electron chi connectivity index (χ4n) is 6.78. The van der Waals surface area contributed by atoms with Crippen LogP contribution in [0.15, 0.2) is 103 Å². The molecular formula is C35H24N2O2. The van der Waals surface area contributed by atoms with E-state index in [0.29, 0.717) is 18.8 Å². The van der Waals surface area contributed by atoms with Gasteiger partial charge in [0.1, 0.15) is 13.2 Å². The standard InChI is InChI=1S/C35H24N2O2/c1-22-10-13-25-26-14-11-23(21-36)19-30(26)35(29(25)18-22)27-6-2-4-8-31(27)37(32-9-5-3-7-28(32)35)24-12-15-33-34(20-24)39-17-16-38-33/h2-15,18-20H,16-17H2,1H3. The van der Waals surface area contributed by atoms with Crippen LogP contribution in [-0.4, -0.2) is 13.2 Å². The molecule has 0 bridgehead atoms. The number of ether oxygens (including phenoxy) is 2. The lowest BCUT2D eigenvalue weighted by atomic mass is 9.64. The van der Waals surface area contributed by atoms with Crippen molar-refractivity contribution in [3.8, 4) is 28.7 Å². The summed E-state index contributed by atoms with van der Waals surface area (Å²) >= 11 is 0. The Labute approximate surface area is 227 Å². The Morgan fingerprint density at radius 3 is 2.03 bits per heavy atom. The van der Waals surface area contributed by atoms with Crippen LogP contribution in [0.2, 0.25) is 0 Å². The highest BCUT2D eigenvalue weighted by atomic mass is 16.6. The molecule has 39 heavy (non-hydrogen) atoms. The predicted octanol–water partition coefficient (Wildman–Crippen LogP) is 7.78. The monoisotopic (exact) mass is 504 g/mol. The van der Waals surface area contributed by atoms with Crippen molar-refractivity contribution in [3.63, 3.8) is 0 Å². The maximum atomic E-state index is 9.91. The molecule has 1 aliphatic carbocycles. The normalized spacial score (nSPS) is 15.1. The molecule has 0 N–H and O–H groups in total. The van der Waals surface area contributed by atoms with E-state index in [9.17, 15) is 5.26 Å². The van der Waals surface area contributed by atoms with E-state index in [-0.39, 0.29) is 0 Å². The summed E-state index contributed by atoms with van der Waals surface area (Å²) in [6.07, 6.45) is 0. The molecule has 0 unspecified atom stereocenters. The molecule has 0 amide bonds. The Morgan fingerprint density at radius 1 is 0.667 bits per heavy atom. The molecule has 2 aliphatic heterocycles. The van der Waals surface area contributed by atoms with Crippen molar-refractivity contribution in [1.29, 1.82) is 5.26 Å². The summed E-state index contributed by atoms with van der Waals surface area (Å²) in [5, 5.41) is 9.91. The van der Waals surface area contributed by atoms with E-state index in [4.69, 9.17) is 9.47 Å². The van der Waals surface area contributed by atoms with Crippen molar-refractivity contribution >= 4 is 17.1 Å². The summed E-state index contributed by atoms with van der Waals surface area (Å²) in [6.45, 7) is 3.26. The fraction of sp³-hybridized carbons (Fsp3) is 0.114. The maximum absolute atomic E-state index is 9.91. The Balaban J connectivity index is 1.49. The molecule has 4 heteroatoms. The first-order valence-electron chi connectivity index (χ1n) is 13.2. The SMILES string of the molecule is Cc1ccc2c(c1)C1(c3cc(C#N)ccc3-2)c2ccccc2N(c2ccc3c(c2)OCCO3)c2ccccc21. The van der Waals surface area contributed by atoms with Crippen LogP contribution in [0, 0.1) is 18.3 Å². The zero-order chi connectivity index (χ0) is 26.1. The van der Waals surface area contributed by atoms with Gasteiger partial charge in [0, 0.05) is 6.07 Å². The highest BCUT2D eigenvalue weighted by molar-refractivity contribution is 5.96. The molecule has 0 radical (unpaired) electrons. The fourth-order valence-corrected chi connectivity index (χ4v) is 6.78. The van der Waals surface area contributed by atoms with Crippen LogP contribution in [0.3, 0.4) is 0 Å². The third-order valence-electron chi connectivity index (χ3n) is 8.30. The van der Waals surface area contributed by atoms with E-state index >= 15 is 0 Å². The number of hydrogen-bond acceptors (Lipinski definition) is 4. The van der Waals surface area contributed by atoms with E-state index in [1.807, 2.05) is 12.1 Å². The molecule has 5 aromatic rings. The van der Waals surface area contributed by atoms with Crippen molar-refractivity contribution in [2.24, 2.45) is 0 Å². The summed E-state index contributed by atoms with van der Waals surface area (Å²) in [5.74, 6) is 1.54. The zero-order valence-corrected chi connectivity index (χ0v) is 21.4. The molecule has 1 spiro atoms. The first kappa shape index (κ1) is 22.0. The summed E-state index contributed by atoms with van der Waals surface area (Å²) in [7, 11) is 0. The lowest BCUT2D eigenvalue weighted by molar-refractivity contribution is 0.171. The maximum Gasteiger partial charge on any atom is 0.163 e. The van der Waals surface area contributed by atoms with Gasteiger partial charge in [-0.25, -0.2) is 0 Å². The second-order valence-corrected chi connectivity index (χ2v) is 10.4. The van der Waals surface area contributed by atoms with Crippen LogP contribution in [0.25, 0.3) is 11.1 Å².